The number of hydrogen-bond acceptors (Lipinski definition) is 5. The molecule has 152 valence electrons. The summed E-state index contributed by atoms with van der Waals surface area (Å²) < 4.78 is 16.0. The van der Waals surface area contributed by atoms with E-state index in [1.807, 2.05) is 62.4 Å². The highest BCUT2D eigenvalue weighted by molar-refractivity contribution is 5.80. The first-order chi connectivity index (χ1) is 14.1. The van der Waals surface area contributed by atoms with Crippen molar-refractivity contribution in [2.75, 3.05) is 27.3 Å². The molecule has 3 aromatic rings. The molecular weight excluding hydrogens is 370 g/mol. The Hall–Kier alpha value is -3.48. The van der Waals surface area contributed by atoms with Gasteiger partial charge in [0.2, 0.25) is 0 Å². The van der Waals surface area contributed by atoms with Crippen molar-refractivity contribution < 1.29 is 19.0 Å². The fourth-order valence-corrected chi connectivity index (χ4v) is 2.95. The lowest BCUT2D eigenvalue weighted by atomic mass is 10.0. The number of nitrogens with one attached hydrogen (secondary N) is 1. The van der Waals surface area contributed by atoms with E-state index in [1.54, 1.807) is 19.1 Å². The number of aromatic amines is 1. The van der Waals surface area contributed by atoms with Crippen molar-refractivity contribution in [3.63, 3.8) is 0 Å². The minimum absolute atomic E-state index is 0.151. The number of H-pyrrole nitrogens is 1. The van der Waals surface area contributed by atoms with E-state index in [1.165, 1.54) is 0 Å². The Morgan fingerprint density at radius 2 is 1.41 bits per heavy atom. The predicted molar refractivity (Wildman–Crippen MR) is 112 cm³/mol. The summed E-state index contributed by atoms with van der Waals surface area (Å²) in [5.41, 5.74) is 3.20. The smallest absolute Gasteiger partial charge is 0.417 e. The molecule has 7 nitrogen and oxygen atoms in total. The van der Waals surface area contributed by atoms with E-state index in [0.29, 0.717) is 18.8 Å². The number of aromatic nitrogens is 2. The second kappa shape index (κ2) is 9.14. The normalized spacial score (nSPS) is 10.5. The Balaban J connectivity index is 2.01. The summed E-state index contributed by atoms with van der Waals surface area (Å²) in [7, 11) is 3.25. The van der Waals surface area contributed by atoms with Crippen LogP contribution in [0.25, 0.3) is 22.5 Å². The van der Waals surface area contributed by atoms with Gasteiger partial charge in [0.15, 0.2) is 0 Å². The number of imidazole rings is 1. The Kier molecular flexibility index (Phi) is 6.39. The number of carbonyl (C=O) groups excluding carboxylic acids is 1. The number of carbonyl (C=O) groups is 1. The number of benzene rings is 2. The Morgan fingerprint density at radius 1 is 0.897 bits per heavy atom. The zero-order valence-corrected chi connectivity index (χ0v) is 17.1. The largest absolute Gasteiger partial charge is 0.497 e. The zero-order chi connectivity index (χ0) is 20.8. The number of amides is 1. The molecule has 0 bridgehead atoms. The number of nitrogens with zero attached hydrogens (tertiary/aromatic N) is 2. The van der Waals surface area contributed by atoms with Crippen LogP contribution >= 0.6 is 0 Å². The average Bonchev–Trinajstić information content (AvgIpc) is 3.18. The minimum Gasteiger partial charge on any atom is -0.497 e. The maximum absolute atomic E-state index is 12.3. The molecule has 7 heteroatoms. The van der Waals surface area contributed by atoms with Crippen molar-refractivity contribution in [3.8, 4) is 40.0 Å². The third kappa shape index (κ3) is 4.51. The first kappa shape index (κ1) is 20.3. The summed E-state index contributed by atoms with van der Waals surface area (Å²) in [4.78, 5) is 21.6. The van der Waals surface area contributed by atoms with E-state index in [4.69, 9.17) is 14.2 Å². The molecule has 0 saturated heterocycles. The summed E-state index contributed by atoms with van der Waals surface area (Å²) >= 11 is 0. The van der Waals surface area contributed by atoms with Crippen molar-refractivity contribution in [2.24, 2.45) is 0 Å². The fourth-order valence-electron chi connectivity index (χ4n) is 2.95. The second-order valence-electron chi connectivity index (χ2n) is 6.26. The van der Waals surface area contributed by atoms with Gasteiger partial charge in [0, 0.05) is 24.2 Å². The van der Waals surface area contributed by atoms with Crippen molar-refractivity contribution in [3.05, 3.63) is 48.5 Å². The number of rotatable bonds is 7. The molecule has 2 aromatic carbocycles. The predicted octanol–water partition coefficient (Wildman–Crippen LogP) is 4.60. The van der Waals surface area contributed by atoms with Crippen LogP contribution in [-0.2, 0) is 0 Å². The fraction of sp³-hybridized carbons (Fsp3) is 0.273. The maximum Gasteiger partial charge on any atom is 0.417 e. The summed E-state index contributed by atoms with van der Waals surface area (Å²) in [6, 6.07) is 15.3. The molecule has 1 amide bonds. The number of methoxy groups -OCH3 is 2. The van der Waals surface area contributed by atoms with Crippen molar-refractivity contribution in [1.82, 2.24) is 14.9 Å². The van der Waals surface area contributed by atoms with Crippen LogP contribution in [0.2, 0.25) is 0 Å². The Labute approximate surface area is 170 Å². The van der Waals surface area contributed by atoms with Crippen LogP contribution in [0.15, 0.2) is 48.5 Å². The van der Waals surface area contributed by atoms with Gasteiger partial charge in [-0.25, -0.2) is 4.79 Å². The van der Waals surface area contributed by atoms with Gasteiger partial charge >= 0.3 is 12.1 Å². The summed E-state index contributed by atoms with van der Waals surface area (Å²) in [5.74, 6) is 1.51. The van der Waals surface area contributed by atoms with Crippen LogP contribution in [0.5, 0.6) is 17.5 Å². The topological polar surface area (TPSA) is 76.7 Å². The molecule has 3 rings (SSSR count). The minimum atomic E-state index is -0.439. The highest BCUT2D eigenvalue weighted by atomic mass is 16.6. The van der Waals surface area contributed by atoms with Gasteiger partial charge < -0.3 is 24.1 Å². The molecule has 0 spiro atoms. The first-order valence-electron chi connectivity index (χ1n) is 9.45. The molecule has 0 unspecified atom stereocenters. The molecule has 0 aliphatic heterocycles. The van der Waals surface area contributed by atoms with Crippen LogP contribution in [0.3, 0.4) is 0 Å². The van der Waals surface area contributed by atoms with E-state index >= 15 is 0 Å². The van der Waals surface area contributed by atoms with Gasteiger partial charge in [-0.1, -0.05) is 0 Å². The standard InChI is InChI=1S/C22H25N3O4/c1-5-25(6-2)22(26)29-21-23-19(15-7-11-17(27-3)12-8-15)20(24-21)16-9-13-18(28-4)14-10-16/h7-14H,5-6H2,1-4H3,(H,23,24). The molecule has 1 N–H and O–H groups in total. The quantitative estimate of drug-likeness (QED) is 0.633. The van der Waals surface area contributed by atoms with Gasteiger partial charge in [0.05, 0.1) is 19.9 Å². The van der Waals surface area contributed by atoms with Gasteiger partial charge in [-0.05, 0) is 62.4 Å². The van der Waals surface area contributed by atoms with Crippen LogP contribution in [0, 0.1) is 0 Å². The molecule has 29 heavy (non-hydrogen) atoms. The van der Waals surface area contributed by atoms with E-state index in [2.05, 4.69) is 9.97 Å². The van der Waals surface area contributed by atoms with Gasteiger partial charge in [-0.3, -0.25) is 0 Å². The van der Waals surface area contributed by atoms with Gasteiger partial charge in [-0.15, -0.1) is 0 Å². The molecule has 0 radical (unpaired) electrons. The van der Waals surface area contributed by atoms with Crippen LogP contribution in [0.4, 0.5) is 4.79 Å². The lowest BCUT2D eigenvalue weighted by Crippen LogP contribution is -2.33. The molecular formula is C22H25N3O4. The number of ether oxygens (including phenoxy) is 3. The molecule has 0 aliphatic carbocycles. The summed E-state index contributed by atoms with van der Waals surface area (Å²) in [6.45, 7) is 4.93. The van der Waals surface area contributed by atoms with E-state index in [0.717, 1.165) is 28.3 Å². The molecule has 0 fully saturated rings. The highest BCUT2D eigenvalue weighted by Crippen LogP contribution is 2.34. The van der Waals surface area contributed by atoms with E-state index < -0.39 is 6.09 Å². The van der Waals surface area contributed by atoms with Crippen LogP contribution < -0.4 is 14.2 Å². The number of hydrogen-bond donors (Lipinski definition) is 1. The monoisotopic (exact) mass is 395 g/mol. The van der Waals surface area contributed by atoms with E-state index in [-0.39, 0.29) is 6.01 Å². The average molecular weight is 395 g/mol. The Morgan fingerprint density at radius 3 is 1.90 bits per heavy atom. The van der Waals surface area contributed by atoms with Gasteiger partial charge in [0.25, 0.3) is 0 Å². The van der Waals surface area contributed by atoms with Crippen molar-refractivity contribution >= 4 is 6.09 Å². The van der Waals surface area contributed by atoms with Crippen molar-refractivity contribution in [2.45, 2.75) is 13.8 Å². The molecule has 0 aliphatic rings. The third-order valence-corrected chi connectivity index (χ3v) is 4.63. The van der Waals surface area contributed by atoms with E-state index in [9.17, 15) is 4.79 Å². The molecule has 1 aromatic heterocycles. The highest BCUT2D eigenvalue weighted by Gasteiger charge is 2.19. The SMILES string of the molecule is CCN(CC)C(=O)Oc1nc(-c2ccc(OC)cc2)c(-c2ccc(OC)cc2)[nH]1. The lowest BCUT2D eigenvalue weighted by molar-refractivity contribution is 0.154. The first-order valence-corrected chi connectivity index (χ1v) is 9.45. The Bertz CT molecular complexity index is 880. The molecule has 0 atom stereocenters. The maximum atomic E-state index is 12.3. The molecule has 0 saturated carbocycles. The second-order valence-corrected chi connectivity index (χ2v) is 6.26. The molecule has 1 heterocycles. The third-order valence-electron chi connectivity index (χ3n) is 4.63. The van der Waals surface area contributed by atoms with Gasteiger partial charge in [0.1, 0.15) is 17.2 Å². The lowest BCUT2D eigenvalue weighted by Gasteiger charge is -2.16. The summed E-state index contributed by atoms with van der Waals surface area (Å²) in [6.07, 6.45) is -0.439. The summed E-state index contributed by atoms with van der Waals surface area (Å²) in [5, 5.41) is 0. The zero-order valence-electron chi connectivity index (χ0n) is 17.1. The van der Waals surface area contributed by atoms with Gasteiger partial charge in [-0.2, -0.15) is 4.98 Å². The van der Waals surface area contributed by atoms with Crippen LogP contribution in [-0.4, -0.2) is 48.3 Å². The van der Waals surface area contributed by atoms with Crippen molar-refractivity contribution in [1.29, 1.82) is 0 Å². The van der Waals surface area contributed by atoms with Crippen LogP contribution in [0.1, 0.15) is 13.8 Å².